The van der Waals surface area contributed by atoms with Crippen LogP contribution >= 0.6 is 31.9 Å². The summed E-state index contributed by atoms with van der Waals surface area (Å²) in [6, 6.07) is 52.4. The van der Waals surface area contributed by atoms with Gasteiger partial charge in [-0.2, -0.15) is 0 Å². The van der Waals surface area contributed by atoms with Crippen LogP contribution in [0.3, 0.4) is 0 Å². The van der Waals surface area contributed by atoms with Gasteiger partial charge in [0, 0.05) is 31.7 Å². The number of alkyl halides is 1. The Balaban J connectivity index is 0.000000149. The van der Waals surface area contributed by atoms with Crippen molar-refractivity contribution >= 4 is 109 Å². The molecule has 11 aromatic carbocycles. The monoisotopic (exact) mass is 1930 g/mol. The number of Topliss-reactive ketones (excluding diaryl/α,β-unsaturated/α-hetero) is 1. The molecule has 17 rings (SSSR count). The molecule has 30 heteroatoms. The molecule has 131 heavy (non-hydrogen) atoms. The Hall–Kier alpha value is -14.1. The number of aliphatic hydroxyl groups excluding tert-OH is 2. The molecule has 6 aromatic heterocycles. The van der Waals surface area contributed by atoms with Gasteiger partial charge in [-0.15, -0.1) is 0 Å². The lowest BCUT2D eigenvalue weighted by atomic mass is 10.00. The van der Waals surface area contributed by atoms with Crippen LogP contribution in [0.4, 0.5) is 48.3 Å². The maximum atomic E-state index is 14.0. The molecule has 0 bridgehead atoms. The number of ketones is 1. The van der Waals surface area contributed by atoms with Crippen LogP contribution in [-0.4, -0.2) is 22.0 Å². The molecular formula is C101H75Br2F11O17. The van der Waals surface area contributed by atoms with Crippen LogP contribution in [-0.2, 0) is 24.1 Å². The number of fused-ring (bicyclic) bond motifs is 6. The lowest BCUT2D eigenvalue weighted by Gasteiger charge is -2.12. The smallest absolute Gasteiger partial charge is 0.310 e. The fourth-order valence-electron chi connectivity index (χ4n) is 13.7. The fourth-order valence-corrected chi connectivity index (χ4v) is 14.5. The Labute approximate surface area is 753 Å². The van der Waals surface area contributed by atoms with Gasteiger partial charge in [0.05, 0.1) is 32.6 Å². The van der Waals surface area contributed by atoms with Crippen LogP contribution in [0.5, 0.6) is 5.75 Å². The minimum Gasteiger partial charge on any atom is -0.461 e. The van der Waals surface area contributed by atoms with E-state index in [1.165, 1.54) is 191 Å². The molecule has 0 aliphatic carbocycles. The van der Waals surface area contributed by atoms with E-state index in [9.17, 15) is 96.9 Å². The van der Waals surface area contributed by atoms with Crippen LogP contribution in [0, 0.1) is 64.0 Å². The van der Waals surface area contributed by atoms with Crippen LogP contribution in [0.25, 0.3) is 110 Å². The molecule has 6 heterocycles. The predicted octanol–water partition coefficient (Wildman–Crippen LogP) is 25.2. The van der Waals surface area contributed by atoms with Crippen molar-refractivity contribution in [2.45, 2.75) is 98.1 Å². The summed E-state index contributed by atoms with van der Waals surface area (Å²) in [5, 5.41) is 19.1. The maximum Gasteiger partial charge on any atom is 0.310 e. The number of aryl methyl sites for hydroxylation is 3. The molecule has 0 aliphatic rings. The Kier molecular flexibility index (Phi) is 32.3. The molecule has 2 unspecified atom stereocenters. The highest BCUT2D eigenvalue weighted by atomic mass is 79.9. The van der Waals surface area contributed by atoms with Crippen molar-refractivity contribution in [3.8, 4) is 50.3 Å². The summed E-state index contributed by atoms with van der Waals surface area (Å²) in [6.45, 7) is 13.0. The number of carbonyl (C=O) groups excluding carboxylic acids is 2. The minimum absolute atomic E-state index is 0.00146. The van der Waals surface area contributed by atoms with Gasteiger partial charge in [-0.25, -0.2) is 48.3 Å². The highest BCUT2D eigenvalue weighted by Gasteiger charge is 2.27. The average Bonchev–Trinajstić information content (AvgIpc) is 0.763. The van der Waals surface area contributed by atoms with Crippen molar-refractivity contribution in [2.75, 3.05) is 0 Å². The van der Waals surface area contributed by atoms with Gasteiger partial charge in [0.2, 0.25) is 27.1 Å². The molecule has 17 nitrogen and oxygen atoms in total. The maximum absolute atomic E-state index is 14.0. The topological polar surface area (TPSA) is 265 Å². The second-order valence-corrected chi connectivity index (χ2v) is 30.9. The average molecular weight is 1930 g/mol. The molecule has 0 aliphatic heterocycles. The summed E-state index contributed by atoms with van der Waals surface area (Å²) in [7, 11) is 0. The number of aliphatic hydroxyl groups is 2. The molecule has 0 spiro atoms. The summed E-state index contributed by atoms with van der Waals surface area (Å²) in [4.78, 5) is 95.8. The highest BCUT2D eigenvalue weighted by molar-refractivity contribution is 9.10. The lowest BCUT2D eigenvalue weighted by molar-refractivity contribution is -0.134. The van der Waals surface area contributed by atoms with Crippen molar-refractivity contribution in [2.24, 2.45) is 0 Å². The van der Waals surface area contributed by atoms with Crippen molar-refractivity contribution in [3.05, 3.63) is 400 Å². The van der Waals surface area contributed by atoms with E-state index in [1.807, 2.05) is 20.8 Å². The van der Waals surface area contributed by atoms with Gasteiger partial charge < -0.3 is 41.5 Å². The third kappa shape index (κ3) is 22.3. The largest absolute Gasteiger partial charge is 0.461 e. The van der Waals surface area contributed by atoms with Crippen molar-refractivity contribution < 1.29 is 99.3 Å². The van der Waals surface area contributed by atoms with E-state index in [0.717, 1.165) is 30.3 Å². The zero-order valence-corrected chi connectivity index (χ0v) is 73.6. The number of rotatable bonds is 13. The standard InChI is InChI=1S/C17H11BrF2O2.2C17H12F2O3.C17H12F2O2.C11H8BrFO2.C11H11FO3.C11H9FO2/c1-9(18)17-14(10-4-2-5-11(19)8-10)16(21)15-12(20)6-3-7-13(15)22-17;2*1-9(20)17-14(10-4-2-5-11(18)8-10)16(21)15-12(19)6-3-7-13(15)22-17;1-2-13-15(10-5-3-6-11(18)9-10)17(20)16-12(19)7-4-8-14(16)21-13;1-2-7-10(12)11(14)9-6(13)4-3-5-8(9)15-7;1-3-10(14)15-9-6-4-5-8(12)11(9)7(2)13;1-2-7-6-9(13)11-8(12)4-3-5-10(11)14-7/h2-9H,1H3;2*2-9,20H,1H3;3-9H,2H2,1H3;3-5H,2H2,1H3;4-6H,3H2,1-2H3;3-6H,2H2,1H3/t;9-;;;;;/m.0...../s1. The van der Waals surface area contributed by atoms with Crippen LogP contribution in [0.2, 0.25) is 0 Å². The minimum atomic E-state index is -1.10. The van der Waals surface area contributed by atoms with Crippen molar-refractivity contribution in [3.63, 3.8) is 0 Å². The Morgan fingerprint density at radius 3 is 0.985 bits per heavy atom. The second kappa shape index (κ2) is 43.4. The molecular weight excluding hydrogens is 1850 g/mol. The van der Waals surface area contributed by atoms with E-state index in [0.29, 0.717) is 69.1 Å². The first-order valence-corrected chi connectivity index (χ1v) is 41.9. The Morgan fingerprint density at radius 2 is 0.649 bits per heavy atom. The summed E-state index contributed by atoms with van der Waals surface area (Å²) < 4.78 is 188. The van der Waals surface area contributed by atoms with Crippen LogP contribution in [0.1, 0.15) is 124 Å². The first-order valence-electron chi connectivity index (χ1n) is 40.2. The summed E-state index contributed by atoms with van der Waals surface area (Å²) in [5.41, 5.74) is -0.512. The molecule has 0 radical (unpaired) electrons. The predicted molar refractivity (Wildman–Crippen MR) is 483 cm³/mol. The fraction of sp³-hybridized carbons (Fsp3) is 0.149. The summed E-state index contributed by atoms with van der Waals surface area (Å²) >= 11 is 6.49. The molecule has 0 fully saturated rings. The molecule has 0 saturated heterocycles. The Bertz CT molecular complexity index is 7230. The van der Waals surface area contributed by atoms with Gasteiger partial charge in [-0.3, -0.25) is 38.4 Å². The number of hydrogen-bond acceptors (Lipinski definition) is 17. The molecule has 3 atom stereocenters. The number of benzene rings is 11. The quantitative estimate of drug-likeness (QED) is 0.0357. The second-order valence-electron chi connectivity index (χ2n) is 28.7. The highest BCUT2D eigenvalue weighted by Crippen LogP contribution is 2.37. The Morgan fingerprint density at radius 1 is 0.351 bits per heavy atom. The van der Waals surface area contributed by atoms with E-state index in [4.69, 9.17) is 31.2 Å². The van der Waals surface area contributed by atoms with Gasteiger partial charge >= 0.3 is 5.97 Å². The summed E-state index contributed by atoms with van der Waals surface area (Å²) in [6.07, 6.45) is -0.358. The normalized spacial score (nSPS) is 11.6. The third-order valence-electron chi connectivity index (χ3n) is 19.7. The number of carbonyl (C=O) groups is 2. The first kappa shape index (κ1) is 97.5. The number of esters is 1. The van der Waals surface area contributed by atoms with E-state index in [1.54, 1.807) is 44.2 Å². The van der Waals surface area contributed by atoms with E-state index >= 15 is 0 Å². The molecule has 672 valence electrons. The first-order chi connectivity index (χ1) is 62.5. The molecule has 17 aromatic rings. The van der Waals surface area contributed by atoms with E-state index in [2.05, 4.69) is 31.9 Å². The van der Waals surface area contributed by atoms with Crippen LogP contribution < -0.4 is 37.3 Å². The molecule has 2 N–H and O–H groups in total. The third-order valence-corrected chi connectivity index (χ3v) is 20.9. The van der Waals surface area contributed by atoms with Gasteiger partial charge in [0.15, 0.2) is 11.2 Å². The van der Waals surface area contributed by atoms with Crippen molar-refractivity contribution in [1.82, 2.24) is 0 Å². The number of halogens is 13. The van der Waals surface area contributed by atoms with E-state index in [-0.39, 0.29) is 133 Å². The molecule has 0 amide bonds. The van der Waals surface area contributed by atoms with Gasteiger partial charge in [0.1, 0.15) is 187 Å². The van der Waals surface area contributed by atoms with E-state index < -0.39 is 110 Å². The molecule has 0 saturated carbocycles. The van der Waals surface area contributed by atoms with Gasteiger partial charge in [-0.05, 0) is 199 Å². The zero-order chi connectivity index (χ0) is 95.1. The van der Waals surface area contributed by atoms with Gasteiger partial charge in [-0.1, -0.05) is 135 Å². The SMILES string of the molecule is CC(Br)c1oc2cccc(F)c2c(=O)c1-c1cccc(F)c1.CC(O)c1oc2cccc(F)c2c(=O)c1-c1cccc(F)c1.CCC(=O)Oc1cccc(F)c1C(C)=O.CCc1cc(=O)c2c(F)cccc2o1.CCc1oc2cccc(F)c2c(=O)c1-c1cccc(F)c1.CCc1oc2cccc(F)c2c(=O)c1Br.C[C@H](O)c1oc2cccc(F)c2c(=O)c1-c1cccc(F)c1. The van der Waals surface area contributed by atoms with Crippen LogP contribution in [0.15, 0.2) is 290 Å². The summed E-state index contributed by atoms with van der Waals surface area (Å²) in [5.74, 6) is -5.64. The lowest BCUT2D eigenvalue weighted by Crippen LogP contribution is -2.12. The van der Waals surface area contributed by atoms with Crippen molar-refractivity contribution in [1.29, 1.82) is 0 Å². The number of ether oxygens (including phenoxy) is 1. The zero-order valence-electron chi connectivity index (χ0n) is 70.4. The van der Waals surface area contributed by atoms with Gasteiger partial charge in [0.25, 0.3) is 0 Å². The number of hydrogen-bond donors (Lipinski definition) is 2.